The Morgan fingerprint density at radius 3 is 2.78 bits per heavy atom. The van der Waals surface area contributed by atoms with Gasteiger partial charge in [-0.25, -0.2) is 0 Å². The number of amides is 2. The molecule has 2 N–H and O–H groups in total. The summed E-state index contributed by atoms with van der Waals surface area (Å²) in [5, 5.41) is 12.0. The minimum absolute atomic E-state index is 0.0288. The van der Waals surface area contributed by atoms with Gasteiger partial charge in [0.1, 0.15) is 11.3 Å². The summed E-state index contributed by atoms with van der Waals surface area (Å²) in [4.78, 5) is 25.2. The van der Waals surface area contributed by atoms with Crippen molar-refractivity contribution < 1.29 is 14.7 Å². The van der Waals surface area contributed by atoms with Gasteiger partial charge in [-0.15, -0.1) is 0 Å². The lowest BCUT2D eigenvalue weighted by molar-refractivity contribution is -0.152. The highest BCUT2D eigenvalue weighted by Gasteiger charge is 2.41. The summed E-state index contributed by atoms with van der Waals surface area (Å²) < 4.78 is 0. The third-order valence-corrected chi connectivity index (χ3v) is 3.18. The molecular formula is C13H16N2O3. The fourth-order valence-electron chi connectivity index (χ4n) is 2.03. The van der Waals surface area contributed by atoms with Gasteiger partial charge < -0.3 is 15.3 Å². The predicted octanol–water partition coefficient (Wildman–Crippen LogP) is 0.629. The maximum absolute atomic E-state index is 11.9. The third kappa shape index (κ3) is 2.16. The molecule has 5 heteroatoms. The Morgan fingerprint density at radius 2 is 2.11 bits per heavy atom. The second-order valence-electron chi connectivity index (χ2n) is 4.89. The smallest absolute Gasteiger partial charge is 0.245 e. The van der Waals surface area contributed by atoms with Crippen molar-refractivity contribution in [2.75, 3.05) is 6.54 Å². The minimum Gasteiger partial charge on any atom is -0.508 e. The second-order valence-corrected chi connectivity index (χ2v) is 4.89. The molecule has 1 aliphatic heterocycles. The van der Waals surface area contributed by atoms with E-state index in [1.54, 1.807) is 32.0 Å². The van der Waals surface area contributed by atoms with Gasteiger partial charge in [0.15, 0.2) is 0 Å². The Morgan fingerprint density at radius 1 is 1.39 bits per heavy atom. The molecule has 2 rings (SSSR count). The molecule has 0 saturated carbocycles. The van der Waals surface area contributed by atoms with Gasteiger partial charge in [-0.3, -0.25) is 9.59 Å². The topological polar surface area (TPSA) is 69.6 Å². The van der Waals surface area contributed by atoms with Crippen molar-refractivity contribution in [2.24, 2.45) is 0 Å². The van der Waals surface area contributed by atoms with E-state index < -0.39 is 5.54 Å². The summed E-state index contributed by atoms with van der Waals surface area (Å²) in [7, 11) is 0. The fraction of sp³-hybridized carbons (Fsp3) is 0.385. The van der Waals surface area contributed by atoms with Gasteiger partial charge >= 0.3 is 0 Å². The average molecular weight is 248 g/mol. The molecule has 1 aromatic carbocycles. The van der Waals surface area contributed by atoms with Gasteiger partial charge in [-0.05, 0) is 31.5 Å². The number of rotatable bonds is 2. The molecule has 1 saturated heterocycles. The molecule has 2 amide bonds. The molecule has 1 fully saturated rings. The van der Waals surface area contributed by atoms with Crippen molar-refractivity contribution in [1.82, 2.24) is 10.2 Å². The van der Waals surface area contributed by atoms with Crippen molar-refractivity contribution in [3.8, 4) is 5.75 Å². The molecule has 1 heterocycles. The zero-order valence-electron chi connectivity index (χ0n) is 10.4. The molecule has 0 bridgehead atoms. The van der Waals surface area contributed by atoms with Gasteiger partial charge in [0.05, 0.1) is 6.54 Å². The van der Waals surface area contributed by atoms with E-state index >= 15 is 0 Å². The highest BCUT2D eigenvalue weighted by Crippen LogP contribution is 2.22. The molecular weight excluding hydrogens is 232 g/mol. The van der Waals surface area contributed by atoms with Crippen LogP contribution in [0.25, 0.3) is 0 Å². The first-order chi connectivity index (χ1) is 8.41. The molecule has 1 aromatic rings. The van der Waals surface area contributed by atoms with Crippen LogP contribution in [0.5, 0.6) is 5.75 Å². The van der Waals surface area contributed by atoms with E-state index in [1.165, 1.54) is 4.90 Å². The van der Waals surface area contributed by atoms with Crippen LogP contribution in [0, 0.1) is 0 Å². The molecule has 5 nitrogen and oxygen atoms in total. The lowest BCUT2D eigenvalue weighted by atomic mass is 9.97. The van der Waals surface area contributed by atoms with Crippen molar-refractivity contribution in [1.29, 1.82) is 0 Å². The fourth-order valence-corrected chi connectivity index (χ4v) is 2.03. The Bertz CT molecular complexity index is 497. The van der Waals surface area contributed by atoms with Crippen LogP contribution in [0.3, 0.4) is 0 Å². The lowest BCUT2D eigenvalue weighted by Crippen LogP contribution is -2.63. The Labute approximate surface area is 105 Å². The number of nitrogens with zero attached hydrogens (tertiary/aromatic N) is 1. The quantitative estimate of drug-likeness (QED) is 0.806. The highest BCUT2D eigenvalue weighted by atomic mass is 16.3. The van der Waals surface area contributed by atoms with Crippen molar-refractivity contribution in [3.05, 3.63) is 29.8 Å². The number of carbonyl (C=O) groups excluding carboxylic acids is 2. The average Bonchev–Trinajstić information content (AvgIpc) is 2.30. The van der Waals surface area contributed by atoms with Crippen LogP contribution < -0.4 is 5.32 Å². The van der Waals surface area contributed by atoms with Crippen LogP contribution in [0.4, 0.5) is 0 Å². The van der Waals surface area contributed by atoms with Gasteiger partial charge in [-0.1, -0.05) is 12.1 Å². The number of nitrogens with one attached hydrogen (secondary N) is 1. The second kappa shape index (κ2) is 4.33. The number of carbonyl (C=O) groups is 2. The van der Waals surface area contributed by atoms with Gasteiger partial charge in [0, 0.05) is 6.54 Å². The van der Waals surface area contributed by atoms with E-state index in [1.807, 2.05) is 6.07 Å². The monoisotopic (exact) mass is 248 g/mol. The molecule has 96 valence electrons. The maximum Gasteiger partial charge on any atom is 0.245 e. The summed E-state index contributed by atoms with van der Waals surface area (Å²) in [6, 6.07) is 6.69. The first-order valence-corrected chi connectivity index (χ1v) is 5.78. The van der Waals surface area contributed by atoms with E-state index in [0.29, 0.717) is 6.54 Å². The Hall–Kier alpha value is -2.04. The number of piperazine rings is 1. The summed E-state index contributed by atoms with van der Waals surface area (Å²) in [6.45, 7) is 3.76. The molecule has 0 atom stereocenters. The van der Waals surface area contributed by atoms with Crippen molar-refractivity contribution in [3.63, 3.8) is 0 Å². The molecule has 0 aromatic heterocycles. The molecule has 0 aliphatic carbocycles. The standard InChI is InChI=1S/C13H16N2O3/c1-13(2)12(18)14-7-11(17)15(13)8-9-4-3-5-10(16)6-9/h3-6,16H,7-8H2,1-2H3,(H,14,18). The summed E-state index contributed by atoms with van der Waals surface area (Å²) in [5.41, 5.74) is -0.0769. The van der Waals surface area contributed by atoms with E-state index in [2.05, 4.69) is 5.32 Å². The van der Waals surface area contributed by atoms with E-state index in [-0.39, 0.29) is 24.1 Å². The molecule has 0 unspecified atom stereocenters. The minimum atomic E-state index is -0.874. The highest BCUT2D eigenvalue weighted by molar-refractivity contribution is 5.97. The van der Waals surface area contributed by atoms with Gasteiger partial charge in [0.2, 0.25) is 11.8 Å². The summed E-state index contributed by atoms with van der Waals surface area (Å²) in [5.74, 6) is -0.135. The summed E-state index contributed by atoms with van der Waals surface area (Å²) in [6.07, 6.45) is 0. The molecule has 1 aliphatic rings. The number of benzene rings is 1. The number of aromatic hydroxyl groups is 1. The molecule has 0 radical (unpaired) electrons. The van der Waals surface area contributed by atoms with Gasteiger partial charge in [0.25, 0.3) is 0 Å². The first-order valence-electron chi connectivity index (χ1n) is 5.78. The third-order valence-electron chi connectivity index (χ3n) is 3.18. The zero-order chi connectivity index (χ0) is 13.3. The number of phenols is 1. The van der Waals surface area contributed by atoms with Crippen LogP contribution in [-0.4, -0.2) is 33.9 Å². The normalized spacial score (nSPS) is 18.7. The van der Waals surface area contributed by atoms with Crippen LogP contribution in [-0.2, 0) is 16.1 Å². The van der Waals surface area contributed by atoms with Crippen molar-refractivity contribution in [2.45, 2.75) is 25.9 Å². The van der Waals surface area contributed by atoms with Crippen LogP contribution in [0.1, 0.15) is 19.4 Å². The van der Waals surface area contributed by atoms with Crippen LogP contribution >= 0.6 is 0 Å². The largest absolute Gasteiger partial charge is 0.508 e. The summed E-state index contributed by atoms with van der Waals surface area (Å²) >= 11 is 0. The SMILES string of the molecule is CC1(C)C(=O)NCC(=O)N1Cc1cccc(O)c1. The predicted molar refractivity (Wildman–Crippen MR) is 65.7 cm³/mol. The lowest BCUT2D eigenvalue weighted by Gasteiger charge is -2.41. The van der Waals surface area contributed by atoms with E-state index in [4.69, 9.17) is 0 Å². The van der Waals surface area contributed by atoms with Crippen LogP contribution in [0.15, 0.2) is 24.3 Å². The van der Waals surface area contributed by atoms with Crippen molar-refractivity contribution >= 4 is 11.8 Å². The van der Waals surface area contributed by atoms with E-state index in [9.17, 15) is 14.7 Å². The molecule has 0 spiro atoms. The number of hydrogen-bond donors (Lipinski definition) is 2. The number of phenolic OH excluding ortho intramolecular Hbond substituents is 1. The number of hydrogen-bond acceptors (Lipinski definition) is 3. The maximum atomic E-state index is 11.9. The Balaban J connectivity index is 2.25. The zero-order valence-corrected chi connectivity index (χ0v) is 10.4. The van der Waals surface area contributed by atoms with Crippen LogP contribution in [0.2, 0.25) is 0 Å². The van der Waals surface area contributed by atoms with E-state index in [0.717, 1.165) is 5.56 Å². The molecule has 18 heavy (non-hydrogen) atoms. The Kier molecular flexibility index (Phi) is 2.98. The first kappa shape index (κ1) is 12.4. The van der Waals surface area contributed by atoms with Gasteiger partial charge in [-0.2, -0.15) is 0 Å².